The van der Waals surface area contributed by atoms with Crippen LogP contribution in [0.1, 0.15) is 6.42 Å². The van der Waals surface area contributed by atoms with E-state index >= 15 is 0 Å². The Labute approximate surface area is 119 Å². The number of amides is 2. The van der Waals surface area contributed by atoms with Gasteiger partial charge in [0.1, 0.15) is 0 Å². The zero-order chi connectivity index (χ0) is 14.5. The van der Waals surface area contributed by atoms with Crippen LogP contribution in [0.5, 0.6) is 0 Å². The molecule has 2 aliphatic heterocycles. The van der Waals surface area contributed by atoms with E-state index in [0.717, 1.165) is 26.1 Å². The van der Waals surface area contributed by atoms with Gasteiger partial charge >= 0.3 is 0 Å². The van der Waals surface area contributed by atoms with Crippen molar-refractivity contribution in [3.8, 4) is 0 Å². The van der Waals surface area contributed by atoms with Crippen molar-refractivity contribution in [2.24, 2.45) is 0 Å². The molecule has 2 aliphatic rings. The van der Waals surface area contributed by atoms with E-state index < -0.39 is 0 Å². The van der Waals surface area contributed by atoms with Crippen LogP contribution in [-0.2, 0) is 14.3 Å². The van der Waals surface area contributed by atoms with E-state index in [-0.39, 0.29) is 24.0 Å². The maximum absolute atomic E-state index is 12.4. The number of methoxy groups -OCH3 is 1. The lowest BCUT2D eigenvalue weighted by atomic mass is 10.1. The van der Waals surface area contributed by atoms with Crippen molar-refractivity contribution in [2.75, 3.05) is 53.4 Å². The topological polar surface area (TPSA) is 73.9 Å². The molecule has 0 aliphatic carbocycles. The van der Waals surface area contributed by atoms with Crippen molar-refractivity contribution in [1.82, 2.24) is 20.4 Å². The lowest BCUT2D eigenvalue weighted by Crippen LogP contribution is -2.54. The minimum absolute atomic E-state index is 0.0187. The van der Waals surface area contributed by atoms with Gasteiger partial charge in [-0.3, -0.25) is 14.5 Å². The van der Waals surface area contributed by atoms with Gasteiger partial charge in [0.15, 0.2) is 0 Å². The largest absolute Gasteiger partial charge is 0.380 e. The van der Waals surface area contributed by atoms with Crippen LogP contribution in [0.25, 0.3) is 0 Å². The maximum Gasteiger partial charge on any atom is 0.239 e. The zero-order valence-corrected chi connectivity index (χ0v) is 12.2. The molecule has 0 bridgehead atoms. The first kappa shape index (κ1) is 15.2. The van der Waals surface area contributed by atoms with Crippen LogP contribution in [0.4, 0.5) is 0 Å². The molecule has 114 valence electrons. The van der Waals surface area contributed by atoms with Crippen molar-refractivity contribution >= 4 is 11.8 Å². The predicted molar refractivity (Wildman–Crippen MR) is 74.3 cm³/mol. The molecule has 2 unspecified atom stereocenters. The number of nitrogens with zero attached hydrogens (tertiary/aromatic N) is 2. The smallest absolute Gasteiger partial charge is 0.239 e. The van der Waals surface area contributed by atoms with Crippen LogP contribution < -0.4 is 10.6 Å². The SMILES string of the molecule is CNC(=O)CN1CCN(C(=O)C2CC(OC)CN2)CC1. The normalized spacial score (nSPS) is 27.6. The van der Waals surface area contributed by atoms with Gasteiger partial charge in [-0.15, -0.1) is 0 Å². The number of rotatable bonds is 4. The van der Waals surface area contributed by atoms with Crippen LogP contribution >= 0.6 is 0 Å². The number of carbonyl (C=O) groups is 2. The fourth-order valence-electron chi connectivity index (χ4n) is 2.70. The quantitative estimate of drug-likeness (QED) is 0.641. The molecule has 7 heteroatoms. The number of piperazine rings is 1. The molecule has 2 fully saturated rings. The van der Waals surface area contributed by atoms with Gasteiger partial charge in [0, 0.05) is 46.9 Å². The molecule has 0 aromatic carbocycles. The Morgan fingerprint density at radius 1 is 1.30 bits per heavy atom. The highest BCUT2D eigenvalue weighted by atomic mass is 16.5. The third kappa shape index (κ3) is 3.68. The number of likely N-dealkylation sites (N-methyl/N-ethyl adjacent to an activating group) is 1. The van der Waals surface area contributed by atoms with E-state index in [9.17, 15) is 9.59 Å². The molecule has 20 heavy (non-hydrogen) atoms. The fraction of sp³-hybridized carbons (Fsp3) is 0.846. The molecule has 2 rings (SSSR count). The maximum atomic E-state index is 12.4. The average molecular weight is 284 g/mol. The van der Waals surface area contributed by atoms with Crippen LogP contribution in [0, 0.1) is 0 Å². The van der Waals surface area contributed by atoms with E-state index in [1.165, 1.54) is 0 Å². The zero-order valence-electron chi connectivity index (χ0n) is 12.2. The Kier molecular flexibility index (Phi) is 5.33. The van der Waals surface area contributed by atoms with E-state index in [1.54, 1.807) is 14.2 Å². The molecule has 7 nitrogen and oxygen atoms in total. The Bertz CT molecular complexity index is 356. The molecule has 0 aromatic heterocycles. The Morgan fingerprint density at radius 2 is 2.00 bits per heavy atom. The number of hydrogen-bond acceptors (Lipinski definition) is 5. The number of hydrogen-bond donors (Lipinski definition) is 2. The second-order valence-electron chi connectivity index (χ2n) is 5.33. The summed E-state index contributed by atoms with van der Waals surface area (Å²) in [5.41, 5.74) is 0. The van der Waals surface area contributed by atoms with E-state index in [0.29, 0.717) is 19.6 Å². The summed E-state index contributed by atoms with van der Waals surface area (Å²) in [6, 6.07) is -0.120. The van der Waals surface area contributed by atoms with Gasteiger partial charge in [0.25, 0.3) is 0 Å². The number of carbonyl (C=O) groups excluding carboxylic acids is 2. The second-order valence-corrected chi connectivity index (χ2v) is 5.33. The Morgan fingerprint density at radius 3 is 2.55 bits per heavy atom. The molecule has 2 saturated heterocycles. The highest BCUT2D eigenvalue weighted by molar-refractivity contribution is 5.82. The summed E-state index contributed by atoms with van der Waals surface area (Å²) in [6.07, 6.45) is 0.881. The summed E-state index contributed by atoms with van der Waals surface area (Å²) < 4.78 is 5.27. The van der Waals surface area contributed by atoms with E-state index in [1.807, 2.05) is 4.90 Å². The highest BCUT2D eigenvalue weighted by Crippen LogP contribution is 2.13. The van der Waals surface area contributed by atoms with Crippen molar-refractivity contribution in [2.45, 2.75) is 18.6 Å². The van der Waals surface area contributed by atoms with Gasteiger partial charge in [-0.05, 0) is 6.42 Å². The molecule has 2 atom stereocenters. The van der Waals surface area contributed by atoms with Crippen LogP contribution in [0.2, 0.25) is 0 Å². The Hall–Kier alpha value is -1.18. The summed E-state index contributed by atoms with van der Waals surface area (Å²) in [5, 5.41) is 5.83. The summed E-state index contributed by atoms with van der Waals surface area (Å²) >= 11 is 0. The van der Waals surface area contributed by atoms with Gasteiger partial charge in [0.05, 0.1) is 18.7 Å². The summed E-state index contributed by atoms with van der Waals surface area (Å²) in [7, 11) is 3.32. The summed E-state index contributed by atoms with van der Waals surface area (Å²) in [4.78, 5) is 27.6. The third-order valence-corrected chi connectivity index (χ3v) is 4.05. The van der Waals surface area contributed by atoms with Gasteiger partial charge < -0.3 is 20.3 Å². The number of nitrogens with one attached hydrogen (secondary N) is 2. The molecule has 2 amide bonds. The molecule has 2 heterocycles. The number of ether oxygens (including phenoxy) is 1. The van der Waals surface area contributed by atoms with Gasteiger partial charge in [-0.25, -0.2) is 0 Å². The molecule has 0 aromatic rings. The first-order valence-corrected chi connectivity index (χ1v) is 7.12. The lowest BCUT2D eigenvalue weighted by molar-refractivity contribution is -0.135. The van der Waals surface area contributed by atoms with Crippen molar-refractivity contribution in [1.29, 1.82) is 0 Å². The Balaban J connectivity index is 1.76. The van der Waals surface area contributed by atoms with Gasteiger partial charge in [0.2, 0.25) is 11.8 Å². The van der Waals surface area contributed by atoms with Gasteiger partial charge in [-0.2, -0.15) is 0 Å². The molecule has 0 saturated carbocycles. The van der Waals surface area contributed by atoms with E-state index in [4.69, 9.17) is 4.74 Å². The predicted octanol–water partition coefficient (Wildman–Crippen LogP) is -1.75. The summed E-state index contributed by atoms with van der Waals surface area (Å²) in [5.74, 6) is 0.175. The first-order valence-electron chi connectivity index (χ1n) is 7.12. The monoisotopic (exact) mass is 284 g/mol. The standard InChI is InChI=1S/C13H24N4O3/c1-14-12(18)9-16-3-5-17(6-4-16)13(19)11-7-10(20-2)8-15-11/h10-11,15H,3-9H2,1-2H3,(H,14,18). The first-order chi connectivity index (χ1) is 9.63. The lowest BCUT2D eigenvalue weighted by Gasteiger charge is -2.35. The minimum atomic E-state index is -0.120. The minimum Gasteiger partial charge on any atom is -0.380 e. The van der Waals surface area contributed by atoms with E-state index in [2.05, 4.69) is 15.5 Å². The second kappa shape index (κ2) is 7.01. The third-order valence-electron chi connectivity index (χ3n) is 4.05. The molecule has 0 spiro atoms. The van der Waals surface area contributed by atoms with Crippen LogP contribution in [0.15, 0.2) is 0 Å². The molecule has 0 radical (unpaired) electrons. The molecular formula is C13H24N4O3. The average Bonchev–Trinajstić information content (AvgIpc) is 2.96. The molecule has 2 N–H and O–H groups in total. The molecular weight excluding hydrogens is 260 g/mol. The van der Waals surface area contributed by atoms with Crippen molar-refractivity contribution in [3.05, 3.63) is 0 Å². The van der Waals surface area contributed by atoms with Crippen LogP contribution in [0.3, 0.4) is 0 Å². The summed E-state index contributed by atoms with van der Waals surface area (Å²) in [6.45, 7) is 4.02. The van der Waals surface area contributed by atoms with Crippen molar-refractivity contribution in [3.63, 3.8) is 0 Å². The van der Waals surface area contributed by atoms with Gasteiger partial charge in [-0.1, -0.05) is 0 Å². The fourth-order valence-corrected chi connectivity index (χ4v) is 2.70. The van der Waals surface area contributed by atoms with Crippen molar-refractivity contribution < 1.29 is 14.3 Å². The van der Waals surface area contributed by atoms with Crippen LogP contribution in [-0.4, -0.2) is 87.2 Å². The highest BCUT2D eigenvalue weighted by Gasteiger charge is 2.33.